The average Bonchev–Trinajstić information content (AvgIpc) is 3.19. The summed E-state index contributed by atoms with van der Waals surface area (Å²) >= 11 is 0. The smallest absolute Gasteiger partial charge is 0.326 e. The lowest BCUT2D eigenvalue weighted by molar-refractivity contribution is -0.141. The van der Waals surface area contributed by atoms with Crippen molar-refractivity contribution < 1.29 is 14.7 Å². The van der Waals surface area contributed by atoms with Crippen LogP contribution in [0.25, 0.3) is 10.9 Å². The summed E-state index contributed by atoms with van der Waals surface area (Å²) in [5, 5.41) is 13.3. The second-order valence-corrected chi connectivity index (χ2v) is 9.01. The number of carboxylic acid groups (broad SMARTS) is 1. The van der Waals surface area contributed by atoms with Gasteiger partial charge in [0.1, 0.15) is 6.04 Å². The molecule has 2 rings (SSSR count). The molecule has 1 amide bonds. The fourth-order valence-electron chi connectivity index (χ4n) is 4.29. The molecule has 0 saturated heterocycles. The zero-order chi connectivity index (χ0) is 23.0. The highest BCUT2D eigenvalue weighted by atomic mass is 16.4. The molecule has 1 atom stereocenters. The molecule has 1 heterocycles. The molecule has 0 aliphatic heterocycles. The average molecular weight is 443 g/mol. The lowest BCUT2D eigenvalue weighted by atomic mass is 10.0. The van der Waals surface area contributed by atoms with Crippen LogP contribution in [-0.2, 0) is 16.0 Å². The van der Waals surface area contributed by atoms with Gasteiger partial charge in [-0.2, -0.15) is 0 Å². The number of para-hydroxylation sites is 1. The van der Waals surface area contributed by atoms with Gasteiger partial charge in [0, 0.05) is 29.9 Å². The van der Waals surface area contributed by atoms with Crippen molar-refractivity contribution in [3.8, 4) is 0 Å². The molecule has 3 N–H and O–H groups in total. The Morgan fingerprint density at radius 3 is 2.03 bits per heavy atom. The number of hydrogen-bond donors (Lipinski definition) is 3. The standard InChI is InChI=1S/C27H42N2O3/c1-2-3-4-5-6-7-8-9-10-11-12-13-14-19-26(30)29-25(27(31)32)20-22-21-28-24-18-16-15-17-23(22)24/h15-18,21,25,28H,2-14,19-20H2,1H3,(H,29,30)(H,31,32)/t25-/m0/s1. The number of amides is 1. The van der Waals surface area contributed by atoms with Crippen LogP contribution in [0.1, 0.15) is 102 Å². The van der Waals surface area contributed by atoms with Gasteiger partial charge in [0.25, 0.3) is 0 Å². The van der Waals surface area contributed by atoms with Gasteiger partial charge >= 0.3 is 5.97 Å². The second-order valence-electron chi connectivity index (χ2n) is 9.01. The van der Waals surface area contributed by atoms with Gasteiger partial charge in [0.15, 0.2) is 0 Å². The molecule has 1 aromatic carbocycles. The molecule has 0 bridgehead atoms. The number of aliphatic carboxylic acids is 1. The number of unbranched alkanes of at least 4 members (excludes halogenated alkanes) is 12. The number of carboxylic acids is 1. The first-order valence-electron chi connectivity index (χ1n) is 12.7. The molecule has 0 spiro atoms. The number of carbonyl (C=O) groups is 2. The van der Waals surface area contributed by atoms with Gasteiger partial charge in [-0.1, -0.05) is 102 Å². The first-order chi connectivity index (χ1) is 15.6. The highest BCUT2D eigenvalue weighted by molar-refractivity contribution is 5.86. The van der Waals surface area contributed by atoms with Crippen molar-refractivity contribution in [2.24, 2.45) is 0 Å². The molecule has 0 aliphatic rings. The van der Waals surface area contributed by atoms with Crippen LogP contribution >= 0.6 is 0 Å². The van der Waals surface area contributed by atoms with Crippen LogP contribution in [0.5, 0.6) is 0 Å². The Bertz CT molecular complexity index is 799. The zero-order valence-electron chi connectivity index (χ0n) is 19.8. The van der Waals surface area contributed by atoms with Crippen molar-refractivity contribution >= 4 is 22.8 Å². The third-order valence-corrected chi connectivity index (χ3v) is 6.24. The predicted octanol–water partition coefficient (Wildman–Crippen LogP) is 6.76. The molecule has 32 heavy (non-hydrogen) atoms. The van der Waals surface area contributed by atoms with Crippen molar-refractivity contribution in [1.29, 1.82) is 0 Å². The van der Waals surface area contributed by atoms with Gasteiger partial charge in [-0.05, 0) is 18.1 Å². The summed E-state index contributed by atoms with van der Waals surface area (Å²) in [7, 11) is 0. The van der Waals surface area contributed by atoms with E-state index in [2.05, 4.69) is 17.2 Å². The van der Waals surface area contributed by atoms with Crippen LogP contribution in [0.2, 0.25) is 0 Å². The minimum atomic E-state index is -0.992. The maximum absolute atomic E-state index is 12.3. The first kappa shape index (κ1) is 26.0. The number of benzene rings is 1. The van der Waals surface area contributed by atoms with E-state index < -0.39 is 12.0 Å². The summed E-state index contributed by atoms with van der Waals surface area (Å²) in [6, 6.07) is 6.90. The Balaban J connectivity index is 1.54. The fourth-order valence-corrected chi connectivity index (χ4v) is 4.29. The van der Waals surface area contributed by atoms with Gasteiger partial charge in [-0.15, -0.1) is 0 Å². The van der Waals surface area contributed by atoms with E-state index >= 15 is 0 Å². The quantitative estimate of drug-likeness (QED) is 0.223. The van der Waals surface area contributed by atoms with Crippen LogP contribution in [0, 0.1) is 0 Å². The van der Waals surface area contributed by atoms with Gasteiger partial charge in [-0.25, -0.2) is 4.79 Å². The Hall–Kier alpha value is -2.30. The summed E-state index contributed by atoms with van der Waals surface area (Å²) in [6.45, 7) is 2.26. The second kappa shape index (κ2) is 15.5. The van der Waals surface area contributed by atoms with E-state index in [9.17, 15) is 14.7 Å². The topological polar surface area (TPSA) is 82.2 Å². The van der Waals surface area contributed by atoms with Gasteiger partial charge < -0.3 is 15.4 Å². The third kappa shape index (κ3) is 9.88. The van der Waals surface area contributed by atoms with Gasteiger partial charge in [-0.3, -0.25) is 4.79 Å². The van der Waals surface area contributed by atoms with E-state index in [-0.39, 0.29) is 12.3 Å². The SMILES string of the molecule is CCCCCCCCCCCCCCCC(=O)N[C@@H](Cc1c[nH]c2ccccc12)C(=O)O. The van der Waals surface area contributed by atoms with Crippen molar-refractivity contribution in [3.05, 3.63) is 36.0 Å². The van der Waals surface area contributed by atoms with Gasteiger partial charge in [0.2, 0.25) is 5.91 Å². The summed E-state index contributed by atoms with van der Waals surface area (Å²) in [4.78, 5) is 27.1. The summed E-state index contributed by atoms with van der Waals surface area (Å²) < 4.78 is 0. The molecular formula is C27H42N2O3. The lowest BCUT2D eigenvalue weighted by Crippen LogP contribution is -2.42. The van der Waals surface area contributed by atoms with E-state index in [0.29, 0.717) is 6.42 Å². The number of nitrogens with one attached hydrogen (secondary N) is 2. The van der Waals surface area contributed by atoms with Crippen molar-refractivity contribution in [2.45, 2.75) is 109 Å². The number of fused-ring (bicyclic) bond motifs is 1. The van der Waals surface area contributed by atoms with Crippen molar-refractivity contribution in [3.63, 3.8) is 0 Å². The summed E-state index contributed by atoms with van der Waals surface area (Å²) in [5.41, 5.74) is 1.89. The van der Waals surface area contributed by atoms with E-state index in [0.717, 1.165) is 35.7 Å². The monoisotopic (exact) mass is 442 g/mol. The minimum absolute atomic E-state index is 0.166. The minimum Gasteiger partial charge on any atom is -0.480 e. The fraction of sp³-hybridized carbons (Fsp3) is 0.630. The van der Waals surface area contributed by atoms with Gasteiger partial charge in [0.05, 0.1) is 0 Å². The van der Waals surface area contributed by atoms with Crippen LogP contribution in [-0.4, -0.2) is 28.0 Å². The van der Waals surface area contributed by atoms with Crippen LogP contribution in [0.4, 0.5) is 0 Å². The van der Waals surface area contributed by atoms with E-state index in [4.69, 9.17) is 0 Å². The highest BCUT2D eigenvalue weighted by Gasteiger charge is 2.21. The molecule has 0 aliphatic carbocycles. The number of aromatic amines is 1. The van der Waals surface area contributed by atoms with Crippen molar-refractivity contribution in [2.75, 3.05) is 0 Å². The Kier molecular flexibility index (Phi) is 12.6. The first-order valence-corrected chi connectivity index (χ1v) is 12.7. The Labute approximate surface area is 193 Å². The molecule has 0 fully saturated rings. The molecule has 178 valence electrons. The number of carbonyl (C=O) groups excluding carboxylic acids is 1. The van der Waals surface area contributed by atoms with Crippen LogP contribution in [0.3, 0.4) is 0 Å². The predicted molar refractivity (Wildman–Crippen MR) is 132 cm³/mol. The number of hydrogen-bond acceptors (Lipinski definition) is 2. The normalized spacial score (nSPS) is 12.2. The summed E-state index contributed by atoms with van der Waals surface area (Å²) in [5.74, 6) is -1.16. The third-order valence-electron chi connectivity index (χ3n) is 6.24. The van der Waals surface area contributed by atoms with E-state index in [1.54, 1.807) is 0 Å². The maximum Gasteiger partial charge on any atom is 0.326 e. The summed E-state index contributed by atoms with van der Waals surface area (Å²) in [6.07, 6.45) is 18.9. The lowest BCUT2D eigenvalue weighted by Gasteiger charge is -2.14. The molecule has 2 aromatic rings. The number of aromatic nitrogens is 1. The Morgan fingerprint density at radius 2 is 1.44 bits per heavy atom. The molecule has 5 heteroatoms. The molecule has 0 unspecified atom stereocenters. The maximum atomic E-state index is 12.3. The zero-order valence-corrected chi connectivity index (χ0v) is 19.8. The number of H-pyrrole nitrogens is 1. The largest absolute Gasteiger partial charge is 0.480 e. The van der Waals surface area contributed by atoms with E-state index in [1.807, 2.05) is 30.5 Å². The molecular weight excluding hydrogens is 400 g/mol. The molecule has 0 radical (unpaired) electrons. The van der Waals surface area contributed by atoms with Crippen LogP contribution < -0.4 is 5.32 Å². The number of rotatable bonds is 18. The molecule has 5 nitrogen and oxygen atoms in total. The molecule has 1 aromatic heterocycles. The highest BCUT2D eigenvalue weighted by Crippen LogP contribution is 2.19. The van der Waals surface area contributed by atoms with Crippen molar-refractivity contribution in [1.82, 2.24) is 10.3 Å². The van der Waals surface area contributed by atoms with E-state index in [1.165, 1.54) is 64.2 Å². The Morgan fingerprint density at radius 1 is 0.875 bits per heavy atom. The molecule has 0 saturated carbocycles. The van der Waals surface area contributed by atoms with Crippen LogP contribution in [0.15, 0.2) is 30.5 Å².